The van der Waals surface area contributed by atoms with Crippen molar-refractivity contribution in [2.45, 2.75) is 51.7 Å². The molecule has 2 rings (SSSR count). The Morgan fingerprint density at radius 2 is 1.94 bits per heavy atom. The minimum Gasteiger partial charge on any atom is -0.369 e. The summed E-state index contributed by atoms with van der Waals surface area (Å²) in [5.41, 5.74) is 5.28. The Bertz CT molecular complexity index is 364. The summed E-state index contributed by atoms with van der Waals surface area (Å²) in [4.78, 5) is 20.8. The van der Waals surface area contributed by atoms with E-state index in [9.17, 15) is 4.79 Å². The highest BCUT2D eigenvalue weighted by Crippen LogP contribution is 2.33. The fourth-order valence-electron chi connectivity index (χ4n) is 2.68. The maximum atomic E-state index is 12.5. The first-order valence-electron chi connectivity index (χ1n) is 6.30. The summed E-state index contributed by atoms with van der Waals surface area (Å²) in [6, 6.07) is 0.533. The number of rotatable bonds is 2. The second kappa shape index (κ2) is 3.98. The van der Waals surface area contributed by atoms with Gasteiger partial charge in [0.25, 0.3) is 5.91 Å². The number of aliphatic imine (C=N–C) groups is 1. The number of amides is 1. The summed E-state index contributed by atoms with van der Waals surface area (Å²) >= 11 is 0. The zero-order valence-corrected chi connectivity index (χ0v) is 11.1. The predicted octanol–water partition coefficient (Wildman–Crippen LogP) is 0.405. The molecule has 2 heterocycles. The number of hydrogen-bond acceptors (Lipinski definition) is 4. The normalized spacial score (nSPS) is 30.1. The number of guanidine groups is 1. The van der Waals surface area contributed by atoms with Gasteiger partial charge < -0.3 is 5.73 Å². The molecule has 2 aliphatic heterocycles. The van der Waals surface area contributed by atoms with Crippen LogP contribution in [0.5, 0.6) is 0 Å². The quantitative estimate of drug-likeness (QED) is 0.757. The predicted molar refractivity (Wildman–Crippen MR) is 67.7 cm³/mol. The summed E-state index contributed by atoms with van der Waals surface area (Å²) < 4.78 is 0. The molecule has 2 aliphatic rings. The van der Waals surface area contributed by atoms with Crippen molar-refractivity contribution in [3.8, 4) is 0 Å². The first-order chi connectivity index (χ1) is 7.87. The molecule has 1 unspecified atom stereocenters. The molecule has 1 amide bonds. The smallest absolute Gasteiger partial charge is 0.258 e. The van der Waals surface area contributed by atoms with E-state index < -0.39 is 5.54 Å². The first-order valence-corrected chi connectivity index (χ1v) is 6.30. The molecule has 17 heavy (non-hydrogen) atoms. The zero-order valence-electron chi connectivity index (χ0n) is 11.1. The molecule has 0 aromatic carbocycles. The van der Waals surface area contributed by atoms with Gasteiger partial charge in [0, 0.05) is 25.2 Å². The van der Waals surface area contributed by atoms with Crippen molar-refractivity contribution in [3.05, 3.63) is 0 Å². The molecule has 0 bridgehead atoms. The van der Waals surface area contributed by atoms with E-state index in [1.165, 1.54) is 0 Å². The van der Waals surface area contributed by atoms with Gasteiger partial charge in [-0.1, -0.05) is 0 Å². The first kappa shape index (κ1) is 12.4. The molecule has 5 heteroatoms. The Balaban J connectivity index is 2.22. The number of likely N-dealkylation sites (tertiary alicyclic amines) is 1. The summed E-state index contributed by atoms with van der Waals surface area (Å²) in [6.45, 7) is 9.85. The Kier molecular flexibility index (Phi) is 2.89. The van der Waals surface area contributed by atoms with Crippen LogP contribution in [-0.2, 0) is 4.79 Å². The summed E-state index contributed by atoms with van der Waals surface area (Å²) in [6.07, 6.45) is 0.786. The number of carbonyl (C=O) groups excluding carboxylic acids is 1. The van der Waals surface area contributed by atoms with E-state index in [4.69, 9.17) is 5.73 Å². The largest absolute Gasteiger partial charge is 0.369 e. The Hall–Kier alpha value is -1.10. The average Bonchev–Trinajstić information content (AvgIpc) is 2.71. The molecule has 1 atom stereocenters. The van der Waals surface area contributed by atoms with Crippen molar-refractivity contribution in [3.63, 3.8) is 0 Å². The summed E-state index contributed by atoms with van der Waals surface area (Å²) in [5.74, 6) is 0.462. The van der Waals surface area contributed by atoms with E-state index in [2.05, 4.69) is 23.7 Å². The molecule has 96 valence electrons. The number of nitrogens with zero attached hydrogens (tertiary/aromatic N) is 3. The van der Waals surface area contributed by atoms with Crippen LogP contribution >= 0.6 is 0 Å². The molecule has 1 fully saturated rings. The van der Waals surface area contributed by atoms with Gasteiger partial charge in [0.05, 0.1) is 0 Å². The molecule has 0 aromatic rings. The monoisotopic (exact) mass is 238 g/mol. The Morgan fingerprint density at radius 3 is 2.35 bits per heavy atom. The Morgan fingerprint density at radius 1 is 1.29 bits per heavy atom. The van der Waals surface area contributed by atoms with Gasteiger partial charge in [0.1, 0.15) is 0 Å². The van der Waals surface area contributed by atoms with Crippen LogP contribution in [0.15, 0.2) is 4.99 Å². The van der Waals surface area contributed by atoms with Gasteiger partial charge in [-0.3, -0.25) is 14.6 Å². The third-order valence-corrected chi connectivity index (χ3v) is 3.72. The van der Waals surface area contributed by atoms with Crippen LogP contribution in [0.1, 0.15) is 34.1 Å². The zero-order chi connectivity index (χ0) is 12.8. The van der Waals surface area contributed by atoms with Crippen molar-refractivity contribution in [2.75, 3.05) is 13.1 Å². The highest BCUT2D eigenvalue weighted by atomic mass is 16.2. The van der Waals surface area contributed by atoms with E-state index in [0.717, 1.165) is 13.0 Å². The van der Waals surface area contributed by atoms with Crippen LogP contribution in [0, 0.1) is 0 Å². The minimum atomic E-state index is -0.599. The highest BCUT2D eigenvalue weighted by Gasteiger charge is 2.52. The standard InChI is InChI=1S/C12H22N4O/c1-8(2)15-6-5-12(7-15)10(17)16(9(3)4)11(13)14-12/h8-9H,5-7H2,1-4H3,(H2,13,14). The summed E-state index contributed by atoms with van der Waals surface area (Å²) in [7, 11) is 0. The Labute approximate surface area is 103 Å². The molecular formula is C12H22N4O. The van der Waals surface area contributed by atoms with E-state index in [1.807, 2.05) is 13.8 Å². The van der Waals surface area contributed by atoms with Crippen LogP contribution in [0.2, 0.25) is 0 Å². The maximum Gasteiger partial charge on any atom is 0.258 e. The number of hydrogen-bond donors (Lipinski definition) is 1. The molecule has 1 saturated heterocycles. The molecule has 0 radical (unpaired) electrons. The van der Waals surface area contributed by atoms with Crippen molar-refractivity contribution < 1.29 is 4.79 Å². The van der Waals surface area contributed by atoms with E-state index >= 15 is 0 Å². The molecule has 0 aliphatic carbocycles. The SMILES string of the molecule is CC(C)N1CCC2(C1)N=C(N)N(C(C)C)C2=O. The minimum absolute atomic E-state index is 0.0770. The van der Waals surface area contributed by atoms with E-state index in [0.29, 0.717) is 18.5 Å². The van der Waals surface area contributed by atoms with Crippen molar-refractivity contribution >= 4 is 11.9 Å². The second-order valence-electron chi connectivity index (χ2n) is 5.58. The lowest BCUT2D eigenvalue weighted by molar-refractivity contribution is -0.131. The fourth-order valence-corrected chi connectivity index (χ4v) is 2.68. The van der Waals surface area contributed by atoms with Crippen LogP contribution in [0.4, 0.5) is 0 Å². The van der Waals surface area contributed by atoms with Gasteiger partial charge >= 0.3 is 0 Å². The van der Waals surface area contributed by atoms with Crippen LogP contribution in [0.3, 0.4) is 0 Å². The molecule has 1 spiro atoms. The van der Waals surface area contributed by atoms with Crippen LogP contribution in [-0.4, -0.2) is 52.4 Å². The number of nitrogens with two attached hydrogens (primary N) is 1. The van der Waals surface area contributed by atoms with E-state index in [-0.39, 0.29) is 11.9 Å². The summed E-state index contributed by atoms with van der Waals surface area (Å²) in [5, 5.41) is 0. The lowest BCUT2D eigenvalue weighted by Gasteiger charge is -2.25. The average molecular weight is 238 g/mol. The molecular weight excluding hydrogens is 216 g/mol. The van der Waals surface area contributed by atoms with Gasteiger partial charge in [-0.05, 0) is 34.1 Å². The van der Waals surface area contributed by atoms with Gasteiger partial charge in [-0.15, -0.1) is 0 Å². The second-order valence-corrected chi connectivity index (χ2v) is 5.58. The van der Waals surface area contributed by atoms with Crippen molar-refractivity contribution in [2.24, 2.45) is 10.7 Å². The molecule has 2 N–H and O–H groups in total. The fraction of sp³-hybridized carbons (Fsp3) is 0.833. The third kappa shape index (κ3) is 1.82. The van der Waals surface area contributed by atoms with Gasteiger partial charge in [0.15, 0.2) is 11.5 Å². The molecule has 0 aromatic heterocycles. The van der Waals surface area contributed by atoms with Gasteiger partial charge in [-0.25, -0.2) is 4.99 Å². The third-order valence-electron chi connectivity index (χ3n) is 3.72. The lowest BCUT2D eigenvalue weighted by atomic mass is 9.98. The van der Waals surface area contributed by atoms with Crippen LogP contribution in [0.25, 0.3) is 0 Å². The molecule has 0 saturated carbocycles. The van der Waals surface area contributed by atoms with E-state index in [1.54, 1.807) is 4.90 Å². The van der Waals surface area contributed by atoms with Crippen molar-refractivity contribution in [1.29, 1.82) is 0 Å². The van der Waals surface area contributed by atoms with Gasteiger partial charge in [-0.2, -0.15) is 0 Å². The van der Waals surface area contributed by atoms with Gasteiger partial charge in [0.2, 0.25) is 0 Å². The van der Waals surface area contributed by atoms with Crippen LogP contribution < -0.4 is 5.73 Å². The number of carbonyl (C=O) groups is 1. The maximum absolute atomic E-state index is 12.5. The lowest BCUT2D eigenvalue weighted by Crippen LogP contribution is -2.48. The molecule has 5 nitrogen and oxygen atoms in total. The highest BCUT2D eigenvalue weighted by molar-refractivity contribution is 6.07. The van der Waals surface area contributed by atoms with Crippen molar-refractivity contribution in [1.82, 2.24) is 9.80 Å². The topological polar surface area (TPSA) is 61.9 Å².